The molecular formula is C60H39N3O9. The van der Waals surface area contributed by atoms with E-state index in [9.17, 15) is 40.9 Å². The molecule has 0 aliphatic heterocycles. The summed E-state index contributed by atoms with van der Waals surface area (Å²) in [7, 11) is 0. The van der Waals surface area contributed by atoms with E-state index in [-0.39, 0.29) is 16.7 Å². The molecule has 1 aliphatic rings. The first-order valence-electron chi connectivity index (χ1n) is 23.1. The number of allylic oxidation sites excluding steroid dienone is 2. The number of nitrogens with zero attached hydrogens (tertiary/aromatic N) is 3. The van der Waals surface area contributed by atoms with E-state index in [2.05, 4.69) is 95.7 Å². The Morgan fingerprint density at radius 1 is 0.458 bits per heavy atom. The minimum atomic E-state index is -1.12. The second-order valence-corrected chi connectivity index (χ2v) is 17.9. The number of aromatic hydroxyl groups is 8. The maximum absolute atomic E-state index is 11.6. The smallest absolute Gasteiger partial charge is 0.206 e. The average Bonchev–Trinajstić information content (AvgIpc) is 4.10. The first-order chi connectivity index (χ1) is 35.1. The number of hydrogen-bond donors (Lipinski definition) is 8. The topological polar surface area (TPSA) is 198 Å². The predicted molar refractivity (Wildman–Crippen MR) is 281 cm³/mol. The monoisotopic (exact) mass is 945 g/mol. The van der Waals surface area contributed by atoms with Crippen LogP contribution in [0.5, 0.6) is 46.0 Å². The Kier molecular flexibility index (Phi) is 9.19. The third kappa shape index (κ3) is 6.09. The quantitative estimate of drug-likeness (QED) is 0.0586. The summed E-state index contributed by atoms with van der Waals surface area (Å²) in [6.45, 7) is 0. The molecule has 1 aliphatic carbocycles. The third-order valence-electron chi connectivity index (χ3n) is 13.8. The Morgan fingerprint density at radius 3 is 1.71 bits per heavy atom. The highest BCUT2D eigenvalue weighted by atomic mass is 16.4. The van der Waals surface area contributed by atoms with Crippen LogP contribution in [0.4, 0.5) is 0 Å². The van der Waals surface area contributed by atoms with Crippen LogP contribution in [0, 0.1) is 0 Å². The minimum Gasteiger partial charge on any atom is -0.504 e. The lowest BCUT2D eigenvalue weighted by molar-refractivity contribution is 0.350. The predicted octanol–water partition coefficient (Wildman–Crippen LogP) is 13.8. The number of fused-ring (bicyclic) bond motifs is 9. The van der Waals surface area contributed by atoms with E-state index in [1.165, 1.54) is 4.57 Å². The van der Waals surface area contributed by atoms with Crippen molar-refractivity contribution >= 4 is 72.4 Å². The molecule has 0 unspecified atom stereocenters. The summed E-state index contributed by atoms with van der Waals surface area (Å²) in [6, 6.07) is 51.9. The second-order valence-electron chi connectivity index (χ2n) is 17.9. The molecular weight excluding hydrogens is 907 g/mol. The lowest BCUT2D eigenvalue weighted by atomic mass is 9.92. The molecule has 0 spiro atoms. The van der Waals surface area contributed by atoms with Gasteiger partial charge in [-0.1, -0.05) is 127 Å². The van der Waals surface area contributed by atoms with Gasteiger partial charge in [0.15, 0.2) is 23.0 Å². The number of furan rings is 1. The fourth-order valence-corrected chi connectivity index (χ4v) is 10.6. The molecule has 348 valence electrons. The Labute approximate surface area is 408 Å². The van der Waals surface area contributed by atoms with Crippen molar-refractivity contribution in [2.45, 2.75) is 6.42 Å². The van der Waals surface area contributed by atoms with Gasteiger partial charge >= 0.3 is 0 Å². The molecule has 0 radical (unpaired) electrons. The van der Waals surface area contributed by atoms with E-state index in [4.69, 9.17) is 9.40 Å². The third-order valence-corrected chi connectivity index (χ3v) is 13.8. The Morgan fingerprint density at radius 2 is 1.04 bits per heavy atom. The molecule has 8 N–H and O–H groups in total. The molecule has 0 saturated carbocycles. The maximum Gasteiger partial charge on any atom is 0.206 e. The van der Waals surface area contributed by atoms with Crippen LogP contribution in [0.3, 0.4) is 0 Å². The van der Waals surface area contributed by atoms with Crippen molar-refractivity contribution in [3.8, 4) is 96.5 Å². The lowest BCUT2D eigenvalue weighted by Crippen LogP contribution is -2.00. The summed E-state index contributed by atoms with van der Waals surface area (Å²) < 4.78 is 10.2. The first kappa shape index (κ1) is 42.1. The van der Waals surface area contributed by atoms with Crippen molar-refractivity contribution in [2.24, 2.45) is 0 Å². The fraction of sp³-hybridized carbons (Fsp3) is 0.0167. The summed E-state index contributed by atoms with van der Waals surface area (Å²) in [4.78, 5) is 5.23. The van der Waals surface area contributed by atoms with E-state index >= 15 is 0 Å². The zero-order valence-electron chi connectivity index (χ0n) is 37.8. The van der Waals surface area contributed by atoms with Crippen molar-refractivity contribution in [1.82, 2.24) is 14.1 Å². The highest BCUT2D eigenvalue weighted by Crippen LogP contribution is 2.59. The van der Waals surface area contributed by atoms with Crippen LogP contribution in [0.1, 0.15) is 17.7 Å². The number of aromatic nitrogens is 3. The lowest BCUT2D eigenvalue weighted by Gasteiger charge is -2.16. The zero-order chi connectivity index (χ0) is 49.1. The molecule has 0 atom stereocenters. The number of rotatable bonds is 6. The van der Waals surface area contributed by atoms with E-state index < -0.39 is 56.8 Å². The van der Waals surface area contributed by atoms with Gasteiger partial charge in [-0.2, -0.15) is 0 Å². The van der Waals surface area contributed by atoms with Gasteiger partial charge in [0.25, 0.3) is 0 Å². The summed E-state index contributed by atoms with van der Waals surface area (Å²) in [5.41, 5.74) is 10.3. The van der Waals surface area contributed by atoms with Gasteiger partial charge in [0.2, 0.25) is 23.0 Å². The summed E-state index contributed by atoms with van der Waals surface area (Å²) in [5, 5.41) is 91.2. The van der Waals surface area contributed by atoms with Gasteiger partial charge in [-0.05, 0) is 71.2 Å². The van der Waals surface area contributed by atoms with Crippen LogP contribution < -0.4 is 0 Å². The van der Waals surface area contributed by atoms with Crippen molar-refractivity contribution in [2.75, 3.05) is 0 Å². The number of phenols is 8. The van der Waals surface area contributed by atoms with Crippen LogP contribution in [0.2, 0.25) is 0 Å². The summed E-state index contributed by atoms with van der Waals surface area (Å²) >= 11 is 0. The normalized spacial score (nSPS) is 13.1. The van der Waals surface area contributed by atoms with Gasteiger partial charge in [0.1, 0.15) is 22.4 Å². The molecule has 8 aromatic carbocycles. The van der Waals surface area contributed by atoms with Crippen LogP contribution in [-0.2, 0) is 0 Å². The molecule has 4 heterocycles. The number of benzene rings is 8. The summed E-state index contributed by atoms with van der Waals surface area (Å²) in [5.74, 6) is -7.59. The van der Waals surface area contributed by atoms with Crippen LogP contribution in [-0.4, -0.2) is 55.0 Å². The Bertz CT molecular complexity index is 4240. The minimum absolute atomic E-state index is 0.164. The summed E-state index contributed by atoms with van der Waals surface area (Å²) in [6.07, 6.45) is 6.79. The maximum atomic E-state index is 11.6. The van der Waals surface area contributed by atoms with Gasteiger partial charge in [-0.3, -0.25) is 0 Å². The molecule has 0 saturated heterocycles. The number of para-hydroxylation sites is 1. The standard InChI is InChI=1S/C60H39N3O9/c64-53-48-49-52(56(67)60(71)58(69)54(49)65)63(51(48)55(66)59(70)57(53)68)36-28-41(33-18-8-3-9-19-33)61-42(29-36)38-22-13-25-45-47(38)46-34(20-12-24-44(46)72-45)30-62-43-23-11-10-21-37(43)40-27-35(31-14-4-1-5-15-31)26-39(50(40)62)32-16-6-2-7-17-32/h1-19,21-30,64-71H,20H2. The number of pyridine rings is 1. The van der Waals surface area contributed by atoms with Gasteiger partial charge < -0.3 is 54.4 Å². The van der Waals surface area contributed by atoms with Gasteiger partial charge in [-0.15, -0.1) is 0 Å². The molecule has 4 aromatic heterocycles. The molecule has 12 aromatic rings. The van der Waals surface area contributed by atoms with Crippen molar-refractivity contribution in [3.63, 3.8) is 0 Å². The average molecular weight is 946 g/mol. The molecule has 12 heteroatoms. The second kappa shape index (κ2) is 15.7. The van der Waals surface area contributed by atoms with Crippen LogP contribution in [0.15, 0.2) is 168 Å². The molecule has 12 nitrogen and oxygen atoms in total. The van der Waals surface area contributed by atoms with Crippen LogP contribution in [0.25, 0.3) is 123 Å². The largest absolute Gasteiger partial charge is 0.504 e. The molecule has 13 rings (SSSR count). The van der Waals surface area contributed by atoms with Gasteiger partial charge in [0.05, 0.1) is 38.9 Å². The van der Waals surface area contributed by atoms with Crippen molar-refractivity contribution in [3.05, 3.63) is 175 Å². The van der Waals surface area contributed by atoms with E-state index in [1.807, 2.05) is 72.8 Å². The van der Waals surface area contributed by atoms with E-state index in [0.29, 0.717) is 40.3 Å². The van der Waals surface area contributed by atoms with Crippen LogP contribution >= 0.6 is 0 Å². The highest BCUT2D eigenvalue weighted by Gasteiger charge is 2.33. The molecule has 0 fully saturated rings. The van der Waals surface area contributed by atoms with Gasteiger partial charge in [0, 0.05) is 44.6 Å². The zero-order valence-corrected chi connectivity index (χ0v) is 37.8. The van der Waals surface area contributed by atoms with E-state index in [0.717, 1.165) is 60.6 Å². The Balaban J connectivity index is 1.09. The number of phenolic OH excluding ortho intramolecular Hbond substituents is 8. The first-order valence-corrected chi connectivity index (χ1v) is 23.1. The van der Waals surface area contributed by atoms with E-state index in [1.54, 1.807) is 12.1 Å². The van der Waals surface area contributed by atoms with Crippen molar-refractivity contribution in [1.29, 1.82) is 0 Å². The van der Waals surface area contributed by atoms with Crippen molar-refractivity contribution < 1.29 is 45.3 Å². The van der Waals surface area contributed by atoms with Gasteiger partial charge in [-0.25, -0.2) is 4.98 Å². The molecule has 0 bridgehead atoms. The SMILES string of the molecule is Oc1c(O)c(O)c2c(c1O)c1c(O)c(O)c(O)c(O)c1n2-c1cc(-c2ccccc2)nc(-c2cccc3oc4c(c23)C(=Cn2c3ccccc3c3cc(-c5ccccc5)cc(-c5ccccc5)c32)CC=C4)c1. The Hall–Kier alpha value is -10.1. The molecule has 0 amide bonds. The fourth-order valence-electron chi connectivity index (χ4n) is 10.6. The number of hydrogen-bond acceptors (Lipinski definition) is 10. The molecule has 72 heavy (non-hydrogen) atoms. The highest BCUT2D eigenvalue weighted by molar-refractivity contribution is 6.21.